The lowest BCUT2D eigenvalue weighted by Crippen LogP contribution is -2.38. The fraction of sp³-hybridized carbons (Fsp3) is 0.667. The van der Waals surface area contributed by atoms with Crippen molar-refractivity contribution in [3.05, 3.63) is 24.4 Å². The number of carboxylic acids is 1. The van der Waals surface area contributed by atoms with E-state index < -0.39 is 12.1 Å². The average molecular weight is 460 g/mol. The quantitative estimate of drug-likeness (QED) is 0.722. The smallest absolute Gasteiger partial charge is 0.475 e. The van der Waals surface area contributed by atoms with E-state index in [1.807, 2.05) is 23.1 Å². The summed E-state index contributed by atoms with van der Waals surface area (Å²) >= 11 is 0. The molecule has 1 aromatic rings. The van der Waals surface area contributed by atoms with E-state index in [2.05, 4.69) is 4.98 Å². The van der Waals surface area contributed by atoms with Gasteiger partial charge in [-0.15, -0.1) is 0 Å². The second-order valence-electron chi connectivity index (χ2n) is 8.19. The third kappa shape index (κ3) is 6.80. The van der Waals surface area contributed by atoms with Gasteiger partial charge in [-0.1, -0.05) is 18.9 Å². The molecule has 0 bridgehead atoms. The lowest BCUT2D eigenvalue weighted by atomic mass is 9.98. The molecule has 8 nitrogen and oxygen atoms in total. The van der Waals surface area contributed by atoms with Gasteiger partial charge in [-0.2, -0.15) is 13.2 Å². The maximum absolute atomic E-state index is 12.4. The minimum Gasteiger partial charge on any atom is -0.475 e. The van der Waals surface area contributed by atoms with Crippen molar-refractivity contribution in [2.75, 3.05) is 26.3 Å². The third-order valence-corrected chi connectivity index (χ3v) is 5.76. The molecule has 1 amide bonds. The maximum Gasteiger partial charge on any atom is 0.490 e. The van der Waals surface area contributed by atoms with Crippen LogP contribution >= 0.6 is 0 Å². The van der Waals surface area contributed by atoms with Crippen LogP contribution in [0.2, 0.25) is 0 Å². The van der Waals surface area contributed by atoms with Gasteiger partial charge >= 0.3 is 12.1 Å². The van der Waals surface area contributed by atoms with Crippen LogP contribution in [0.4, 0.5) is 13.2 Å². The lowest BCUT2D eigenvalue weighted by molar-refractivity contribution is -0.192. The number of aliphatic carboxylic acids is 1. The Bertz CT molecular complexity index is 773. The highest BCUT2D eigenvalue weighted by atomic mass is 19.4. The first kappa shape index (κ1) is 24.2. The van der Waals surface area contributed by atoms with E-state index in [0.717, 1.165) is 32.2 Å². The summed E-state index contributed by atoms with van der Waals surface area (Å²) in [6.07, 6.45) is 3.20. The fourth-order valence-corrected chi connectivity index (χ4v) is 4.14. The largest absolute Gasteiger partial charge is 0.490 e. The lowest BCUT2D eigenvalue weighted by Gasteiger charge is -2.23. The van der Waals surface area contributed by atoms with E-state index >= 15 is 0 Å². The van der Waals surface area contributed by atoms with Crippen molar-refractivity contribution < 1.29 is 42.1 Å². The normalized spacial score (nSPS) is 25.6. The van der Waals surface area contributed by atoms with Crippen LogP contribution in [0.3, 0.4) is 0 Å². The number of nitrogens with zero attached hydrogens (tertiary/aromatic N) is 2. The number of carbonyl (C=O) groups is 2. The van der Waals surface area contributed by atoms with Gasteiger partial charge in [-0.3, -0.25) is 4.79 Å². The SMILES string of the molecule is O=C(COC1CCCC1)N1CC[C@]2(C[C@H](Oc3ccccn3)CO2)C1.O=C(O)C(F)(F)F. The van der Waals surface area contributed by atoms with Gasteiger partial charge in [0.15, 0.2) is 0 Å². The standard InChI is InChI=1S/C19H26N2O4.C2HF3O2/c22-18(13-23-15-5-1-2-6-15)21-10-8-19(14-21)11-16(12-24-19)25-17-7-3-4-9-20-17;3-2(4,5)1(6)7/h3-4,7,9,15-16H,1-2,5-6,8,10-14H2;(H,6,7)/t16-,19-;/m0./s1. The van der Waals surface area contributed by atoms with Crippen molar-refractivity contribution in [2.24, 2.45) is 0 Å². The van der Waals surface area contributed by atoms with Crippen molar-refractivity contribution in [1.82, 2.24) is 9.88 Å². The van der Waals surface area contributed by atoms with E-state index in [0.29, 0.717) is 19.0 Å². The molecule has 1 aliphatic carbocycles. The Kier molecular flexibility index (Phi) is 7.94. The Morgan fingerprint density at radius 1 is 1.25 bits per heavy atom. The van der Waals surface area contributed by atoms with E-state index in [1.165, 1.54) is 12.8 Å². The first-order chi connectivity index (χ1) is 15.2. The minimum absolute atomic E-state index is 0.000286. The summed E-state index contributed by atoms with van der Waals surface area (Å²) in [5, 5.41) is 7.12. The number of carboxylic acid groups (broad SMARTS) is 1. The minimum atomic E-state index is -5.08. The van der Waals surface area contributed by atoms with Crippen molar-refractivity contribution in [3.8, 4) is 5.88 Å². The summed E-state index contributed by atoms with van der Waals surface area (Å²) in [4.78, 5) is 27.4. The number of aromatic nitrogens is 1. The molecular formula is C21H27F3N2O6. The van der Waals surface area contributed by atoms with Gasteiger partial charge in [-0.25, -0.2) is 9.78 Å². The fourth-order valence-electron chi connectivity index (χ4n) is 4.14. The van der Waals surface area contributed by atoms with Crippen LogP contribution in [-0.2, 0) is 19.1 Å². The Labute approximate surface area is 183 Å². The number of pyridine rings is 1. The number of carbonyl (C=O) groups excluding carboxylic acids is 1. The molecule has 0 radical (unpaired) electrons. The summed E-state index contributed by atoms with van der Waals surface area (Å²) in [5.74, 6) is -2.04. The van der Waals surface area contributed by atoms with Gasteiger partial charge in [0.25, 0.3) is 0 Å². The molecule has 0 unspecified atom stereocenters. The molecule has 178 valence electrons. The molecule has 2 aliphatic heterocycles. The molecule has 4 rings (SSSR count). The highest BCUT2D eigenvalue weighted by molar-refractivity contribution is 5.78. The first-order valence-electron chi connectivity index (χ1n) is 10.6. The second-order valence-corrected chi connectivity index (χ2v) is 8.19. The third-order valence-electron chi connectivity index (χ3n) is 5.76. The Morgan fingerprint density at radius 3 is 2.59 bits per heavy atom. The number of amides is 1. The van der Waals surface area contributed by atoms with Gasteiger partial charge in [0.1, 0.15) is 12.7 Å². The molecule has 1 N–H and O–H groups in total. The molecule has 1 spiro atoms. The van der Waals surface area contributed by atoms with Crippen molar-refractivity contribution in [3.63, 3.8) is 0 Å². The zero-order chi connectivity index (χ0) is 23.2. The molecule has 2 saturated heterocycles. The number of hydrogen-bond donors (Lipinski definition) is 1. The zero-order valence-electron chi connectivity index (χ0n) is 17.6. The number of hydrogen-bond acceptors (Lipinski definition) is 6. The van der Waals surface area contributed by atoms with E-state index in [-0.39, 0.29) is 30.3 Å². The van der Waals surface area contributed by atoms with E-state index in [1.54, 1.807) is 6.20 Å². The van der Waals surface area contributed by atoms with Crippen LogP contribution in [0.25, 0.3) is 0 Å². The van der Waals surface area contributed by atoms with Crippen LogP contribution in [-0.4, -0.2) is 77.2 Å². The van der Waals surface area contributed by atoms with Gasteiger partial charge in [0.05, 0.1) is 18.3 Å². The highest BCUT2D eigenvalue weighted by Crippen LogP contribution is 2.36. The van der Waals surface area contributed by atoms with Crippen LogP contribution in [0.5, 0.6) is 5.88 Å². The van der Waals surface area contributed by atoms with Gasteiger partial charge in [0, 0.05) is 31.8 Å². The molecule has 1 aromatic heterocycles. The predicted octanol–water partition coefficient (Wildman–Crippen LogP) is 2.81. The highest BCUT2D eigenvalue weighted by Gasteiger charge is 2.47. The molecule has 32 heavy (non-hydrogen) atoms. The summed E-state index contributed by atoms with van der Waals surface area (Å²) in [5.41, 5.74) is -0.261. The molecule has 3 fully saturated rings. The Morgan fingerprint density at radius 2 is 1.97 bits per heavy atom. The predicted molar refractivity (Wildman–Crippen MR) is 105 cm³/mol. The number of halogens is 3. The van der Waals surface area contributed by atoms with Crippen LogP contribution in [0.1, 0.15) is 38.5 Å². The Hall–Kier alpha value is -2.40. The average Bonchev–Trinajstić information content (AvgIpc) is 3.49. The van der Waals surface area contributed by atoms with Crippen molar-refractivity contribution >= 4 is 11.9 Å². The second kappa shape index (κ2) is 10.5. The van der Waals surface area contributed by atoms with Gasteiger partial charge < -0.3 is 24.2 Å². The van der Waals surface area contributed by atoms with E-state index in [4.69, 9.17) is 24.1 Å². The summed E-state index contributed by atoms with van der Waals surface area (Å²) in [6, 6.07) is 5.64. The first-order valence-corrected chi connectivity index (χ1v) is 10.6. The maximum atomic E-state index is 12.4. The van der Waals surface area contributed by atoms with Gasteiger partial charge in [0.2, 0.25) is 11.8 Å². The Balaban J connectivity index is 0.000000360. The topological polar surface area (TPSA) is 98.2 Å². The number of alkyl halides is 3. The number of ether oxygens (including phenoxy) is 3. The zero-order valence-corrected chi connectivity index (χ0v) is 17.6. The summed E-state index contributed by atoms with van der Waals surface area (Å²) in [7, 11) is 0. The monoisotopic (exact) mass is 460 g/mol. The summed E-state index contributed by atoms with van der Waals surface area (Å²) < 4.78 is 49.5. The molecule has 11 heteroatoms. The van der Waals surface area contributed by atoms with Crippen molar-refractivity contribution in [2.45, 2.75) is 62.5 Å². The van der Waals surface area contributed by atoms with E-state index in [9.17, 15) is 18.0 Å². The molecule has 3 aliphatic rings. The van der Waals surface area contributed by atoms with Crippen LogP contribution in [0.15, 0.2) is 24.4 Å². The van der Waals surface area contributed by atoms with Crippen molar-refractivity contribution in [1.29, 1.82) is 0 Å². The number of likely N-dealkylation sites (tertiary alicyclic amines) is 1. The molecular weight excluding hydrogens is 433 g/mol. The molecule has 1 saturated carbocycles. The van der Waals surface area contributed by atoms with Gasteiger partial charge in [-0.05, 0) is 25.3 Å². The van der Waals surface area contributed by atoms with Crippen LogP contribution < -0.4 is 4.74 Å². The molecule has 3 heterocycles. The number of rotatable bonds is 5. The van der Waals surface area contributed by atoms with Crippen LogP contribution in [0, 0.1) is 0 Å². The molecule has 2 atom stereocenters. The molecule has 0 aromatic carbocycles. The summed E-state index contributed by atoms with van der Waals surface area (Å²) in [6.45, 7) is 2.14.